The van der Waals surface area contributed by atoms with Gasteiger partial charge in [0.05, 0.1) is 24.1 Å². The fourth-order valence-corrected chi connectivity index (χ4v) is 4.69. The molecule has 186 valence electrons. The van der Waals surface area contributed by atoms with Gasteiger partial charge in [0.1, 0.15) is 0 Å². The molecule has 35 heavy (non-hydrogen) atoms. The van der Waals surface area contributed by atoms with Gasteiger partial charge in [0.25, 0.3) is 5.56 Å². The van der Waals surface area contributed by atoms with E-state index in [1.165, 1.54) is 0 Å². The second-order valence-electron chi connectivity index (χ2n) is 8.75. The monoisotopic (exact) mass is 514 g/mol. The van der Waals surface area contributed by atoms with E-state index in [4.69, 9.17) is 28.6 Å². The van der Waals surface area contributed by atoms with Gasteiger partial charge in [-0.2, -0.15) is 0 Å². The topological polar surface area (TPSA) is 79.4 Å². The number of H-pyrrole nitrogens is 1. The van der Waals surface area contributed by atoms with Crippen LogP contribution in [-0.2, 0) is 22.5 Å². The number of aromatic amines is 1. The minimum Gasteiger partial charge on any atom is -0.378 e. The van der Waals surface area contributed by atoms with Crippen molar-refractivity contribution in [3.63, 3.8) is 0 Å². The van der Waals surface area contributed by atoms with Crippen molar-refractivity contribution in [2.75, 3.05) is 37.7 Å². The van der Waals surface area contributed by atoms with E-state index in [1.807, 2.05) is 42.5 Å². The lowest BCUT2D eigenvalue weighted by atomic mass is 10.1. The summed E-state index contributed by atoms with van der Waals surface area (Å²) < 4.78 is 7.49. The highest BCUT2D eigenvalue weighted by Gasteiger charge is 2.13. The summed E-state index contributed by atoms with van der Waals surface area (Å²) in [5, 5.41) is 4.32. The van der Waals surface area contributed by atoms with Crippen LogP contribution in [0.5, 0.6) is 0 Å². The van der Waals surface area contributed by atoms with Crippen LogP contribution in [0.15, 0.2) is 47.3 Å². The lowest BCUT2D eigenvalue weighted by Gasteiger charge is -2.29. The quantitative estimate of drug-likeness (QED) is 0.308. The Kier molecular flexibility index (Phi) is 8.95. The number of carbonyl (C=O) groups excluding carboxylic acids is 1. The Morgan fingerprint density at radius 2 is 1.86 bits per heavy atom. The number of hydrogen-bond donors (Lipinski definition) is 2. The minimum absolute atomic E-state index is 0.0507. The number of anilines is 1. The first kappa shape index (κ1) is 25.4. The van der Waals surface area contributed by atoms with Gasteiger partial charge in [-0.15, -0.1) is 0 Å². The number of amides is 1. The number of carbonyl (C=O) groups is 1. The summed E-state index contributed by atoms with van der Waals surface area (Å²) >= 11 is 11.3. The van der Waals surface area contributed by atoms with Gasteiger partial charge in [-0.1, -0.05) is 30.2 Å². The fraction of sp³-hybridized carbons (Fsp3) is 0.423. The summed E-state index contributed by atoms with van der Waals surface area (Å²) in [7, 11) is 0. The van der Waals surface area contributed by atoms with Crippen molar-refractivity contribution >= 4 is 46.3 Å². The van der Waals surface area contributed by atoms with Crippen molar-refractivity contribution in [1.29, 1.82) is 0 Å². The maximum atomic E-state index is 13.2. The number of nitrogens with zero attached hydrogens (tertiary/aromatic N) is 2. The molecule has 0 radical (unpaired) electrons. The van der Waals surface area contributed by atoms with Crippen molar-refractivity contribution < 1.29 is 9.53 Å². The second-order valence-corrected chi connectivity index (χ2v) is 9.58. The van der Waals surface area contributed by atoms with Crippen molar-refractivity contribution in [3.8, 4) is 0 Å². The van der Waals surface area contributed by atoms with Gasteiger partial charge in [-0.25, -0.2) is 0 Å². The van der Waals surface area contributed by atoms with Gasteiger partial charge >= 0.3 is 0 Å². The standard InChI is InChI=1S/C26H31ClN4O3S/c27-20-7-5-19(6-8-20)11-12-28-24(32)4-2-1-3-13-31-25(33)22-18-21(30-14-16-34-17-15-30)9-10-23(22)29-26(31)35/h5-10,18H,1-4,11-17H2,(H,28,32)(H,29,35). The lowest BCUT2D eigenvalue weighted by molar-refractivity contribution is -0.121. The fourth-order valence-electron chi connectivity index (χ4n) is 4.28. The molecule has 0 unspecified atom stereocenters. The average Bonchev–Trinajstić information content (AvgIpc) is 2.87. The molecule has 1 aliphatic rings. The minimum atomic E-state index is -0.0706. The predicted octanol–water partition coefficient (Wildman–Crippen LogP) is 4.47. The highest BCUT2D eigenvalue weighted by molar-refractivity contribution is 7.71. The maximum absolute atomic E-state index is 13.2. The number of halogens is 1. The van der Waals surface area contributed by atoms with Gasteiger partial charge in [-0.05, 0) is 67.4 Å². The van der Waals surface area contributed by atoms with Gasteiger partial charge in [0.15, 0.2) is 4.77 Å². The number of ether oxygens (including phenoxy) is 1. The zero-order chi connectivity index (χ0) is 24.6. The number of benzene rings is 2. The first-order chi connectivity index (χ1) is 17.0. The molecular formula is C26H31ClN4O3S. The molecule has 1 amide bonds. The molecule has 7 nitrogen and oxygen atoms in total. The third kappa shape index (κ3) is 6.93. The Balaban J connectivity index is 1.25. The molecule has 2 aromatic carbocycles. The van der Waals surface area contributed by atoms with Crippen molar-refractivity contribution in [3.05, 3.63) is 68.2 Å². The maximum Gasteiger partial charge on any atom is 0.262 e. The summed E-state index contributed by atoms with van der Waals surface area (Å²) in [6.07, 6.45) is 3.65. The van der Waals surface area contributed by atoms with Crippen LogP contribution in [0.4, 0.5) is 5.69 Å². The first-order valence-corrected chi connectivity index (χ1v) is 12.9. The van der Waals surface area contributed by atoms with E-state index >= 15 is 0 Å². The number of unbranched alkanes of at least 4 members (excludes halogenated alkanes) is 2. The SMILES string of the molecule is O=C(CCCCCn1c(=S)[nH]c2ccc(N3CCOCC3)cc2c1=O)NCCc1ccc(Cl)cc1. The normalized spacial score (nSPS) is 13.8. The Morgan fingerprint density at radius 3 is 2.63 bits per heavy atom. The second kappa shape index (κ2) is 12.3. The molecule has 2 N–H and O–H groups in total. The summed E-state index contributed by atoms with van der Waals surface area (Å²) in [4.78, 5) is 30.7. The molecule has 0 spiro atoms. The highest BCUT2D eigenvalue weighted by Crippen LogP contribution is 2.20. The lowest BCUT2D eigenvalue weighted by Crippen LogP contribution is -2.36. The molecule has 1 aromatic heterocycles. The number of fused-ring (bicyclic) bond motifs is 1. The van der Waals surface area contributed by atoms with Crippen molar-refractivity contribution in [2.24, 2.45) is 0 Å². The number of aromatic nitrogens is 2. The Bertz CT molecular complexity index is 1270. The Hall–Kier alpha value is -2.68. The molecule has 1 aliphatic heterocycles. The zero-order valence-electron chi connectivity index (χ0n) is 19.7. The van der Waals surface area contributed by atoms with Gasteiger partial charge in [0, 0.05) is 43.3 Å². The number of nitrogens with one attached hydrogen (secondary N) is 2. The summed E-state index contributed by atoms with van der Waals surface area (Å²) in [6.45, 7) is 4.16. The largest absolute Gasteiger partial charge is 0.378 e. The molecule has 3 aromatic rings. The number of hydrogen-bond acceptors (Lipinski definition) is 5. The van der Waals surface area contributed by atoms with Crippen molar-refractivity contribution in [1.82, 2.24) is 14.9 Å². The van der Waals surface area contributed by atoms with Gasteiger partial charge < -0.3 is 19.9 Å². The third-order valence-corrected chi connectivity index (χ3v) is 6.85. The molecule has 4 rings (SSSR count). The van der Waals surface area contributed by atoms with E-state index in [1.54, 1.807) is 4.57 Å². The molecule has 1 saturated heterocycles. The van der Waals surface area contributed by atoms with E-state index in [9.17, 15) is 9.59 Å². The van der Waals surface area contributed by atoms with Crippen LogP contribution >= 0.6 is 23.8 Å². The van der Waals surface area contributed by atoms with E-state index in [-0.39, 0.29) is 11.5 Å². The van der Waals surface area contributed by atoms with Crippen molar-refractivity contribution in [2.45, 2.75) is 38.6 Å². The Morgan fingerprint density at radius 1 is 1.09 bits per heavy atom. The molecule has 2 heterocycles. The average molecular weight is 515 g/mol. The summed E-state index contributed by atoms with van der Waals surface area (Å²) in [5.74, 6) is 0.0507. The Labute approximate surface area is 215 Å². The van der Waals surface area contributed by atoms with Crippen LogP contribution < -0.4 is 15.8 Å². The third-order valence-electron chi connectivity index (χ3n) is 6.28. The van der Waals surface area contributed by atoms with E-state index in [0.717, 1.165) is 55.5 Å². The highest BCUT2D eigenvalue weighted by atomic mass is 35.5. The molecule has 1 fully saturated rings. The van der Waals surface area contributed by atoms with Crippen LogP contribution in [-0.4, -0.2) is 48.3 Å². The van der Waals surface area contributed by atoms with Crippen LogP contribution in [0.25, 0.3) is 10.9 Å². The van der Waals surface area contributed by atoms with Crippen LogP contribution in [0.2, 0.25) is 5.02 Å². The van der Waals surface area contributed by atoms with E-state index < -0.39 is 0 Å². The molecule has 0 aliphatic carbocycles. The molecule has 9 heteroatoms. The zero-order valence-corrected chi connectivity index (χ0v) is 21.3. The molecule has 0 saturated carbocycles. The molecule has 0 bridgehead atoms. The van der Waals surface area contributed by atoms with E-state index in [0.29, 0.717) is 47.9 Å². The number of morpholine rings is 1. The smallest absolute Gasteiger partial charge is 0.262 e. The number of rotatable bonds is 10. The summed E-state index contributed by atoms with van der Waals surface area (Å²) in [6, 6.07) is 13.5. The first-order valence-electron chi connectivity index (χ1n) is 12.1. The summed E-state index contributed by atoms with van der Waals surface area (Å²) in [5.41, 5.74) is 2.85. The van der Waals surface area contributed by atoms with E-state index in [2.05, 4.69) is 15.2 Å². The van der Waals surface area contributed by atoms with Crippen LogP contribution in [0.3, 0.4) is 0 Å². The molecular weight excluding hydrogens is 484 g/mol. The van der Waals surface area contributed by atoms with Gasteiger partial charge in [0.2, 0.25) is 5.91 Å². The van der Waals surface area contributed by atoms with Crippen LogP contribution in [0, 0.1) is 4.77 Å². The molecule has 0 atom stereocenters. The predicted molar refractivity (Wildman–Crippen MR) is 143 cm³/mol. The van der Waals surface area contributed by atoms with Crippen LogP contribution in [0.1, 0.15) is 31.2 Å². The van der Waals surface area contributed by atoms with Gasteiger partial charge in [-0.3, -0.25) is 14.2 Å².